The Balaban J connectivity index is 2.25. The standard InChI is InChI=1S/C10H17NO4/c1-7(10(13)14)11-9(12)6-8-2-4-15-5-3-8/h7-8H,2-6H2,1H3,(H,11,12)(H,13,14). The minimum Gasteiger partial charge on any atom is -0.480 e. The van der Waals surface area contributed by atoms with E-state index in [4.69, 9.17) is 9.84 Å². The second kappa shape index (κ2) is 5.70. The summed E-state index contributed by atoms with van der Waals surface area (Å²) in [6, 6.07) is -0.808. The normalized spacial score (nSPS) is 19.5. The smallest absolute Gasteiger partial charge is 0.325 e. The summed E-state index contributed by atoms with van der Waals surface area (Å²) >= 11 is 0. The molecule has 1 saturated heterocycles. The molecule has 1 aliphatic rings. The molecule has 0 bridgehead atoms. The van der Waals surface area contributed by atoms with Crippen LogP contribution in [0.2, 0.25) is 0 Å². The van der Waals surface area contributed by atoms with Gasteiger partial charge in [0.25, 0.3) is 0 Å². The molecule has 2 N–H and O–H groups in total. The van der Waals surface area contributed by atoms with Crippen LogP contribution in [0.3, 0.4) is 0 Å². The summed E-state index contributed by atoms with van der Waals surface area (Å²) in [4.78, 5) is 21.9. The van der Waals surface area contributed by atoms with Crippen molar-refractivity contribution in [3.05, 3.63) is 0 Å². The van der Waals surface area contributed by atoms with E-state index in [2.05, 4.69) is 5.32 Å². The van der Waals surface area contributed by atoms with E-state index in [-0.39, 0.29) is 5.91 Å². The molecular formula is C10H17NO4. The van der Waals surface area contributed by atoms with Gasteiger partial charge in [-0.25, -0.2) is 0 Å². The molecule has 1 aliphatic heterocycles. The van der Waals surface area contributed by atoms with Crippen LogP contribution in [0.4, 0.5) is 0 Å². The maximum Gasteiger partial charge on any atom is 0.325 e. The molecule has 0 radical (unpaired) electrons. The Kier molecular flexibility index (Phi) is 4.55. The fourth-order valence-corrected chi connectivity index (χ4v) is 1.57. The summed E-state index contributed by atoms with van der Waals surface area (Å²) in [5.41, 5.74) is 0. The predicted octanol–water partition coefficient (Wildman–Crippen LogP) is 0.392. The first-order valence-electron chi connectivity index (χ1n) is 5.19. The van der Waals surface area contributed by atoms with Gasteiger partial charge in [0.05, 0.1) is 0 Å². The maximum atomic E-state index is 11.4. The minimum absolute atomic E-state index is 0.184. The van der Waals surface area contributed by atoms with E-state index in [0.717, 1.165) is 12.8 Å². The number of amides is 1. The van der Waals surface area contributed by atoms with Gasteiger partial charge < -0.3 is 15.2 Å². The molecule has 1 heterocycles. The van der Waals surface area contributed by atoms with Crippen LogP contribution in [-0.2, 0) is 14.3 Å². The molecule has 0 aromatic heterocycles. The van der Waals surface area contributed by atoms with Gasteiger partial charge in [0.2, 0.25) is 5.91 Å². The van der Waals surface area contributed by atoms with Crippen molar-refractivity contribution in [2.24, 2.45) is 5.92 Å². The Morgan fingerprint density at radius 3 is 2.60 bits per heavy atom. The summed E-state index contributed by atoms with van der Waals surface area (Å²) in [6.07, 6.45) is 2.17. The summed E-state index contributed by atoms with van der Waals surface area (Å²) in [5.74, 6) is -0.855. The first kappa shape index (κ1) is 12.0. The Bertz CT molecular complexity index is 236. The van der Waals surface area contributed by atoms with Crippen molar-refractivity contribution in [2.45, 2.75) is 32.2 Å². The molecule has 1 atom stereocenters. The van der Waals surface area contributed by atoms with Crippen molar-refractivity contribution in [1.29, 1.82) is 0 Å². The third kappa shape index (κ3) is 4.29. The van der Waals surface area contributed by atoms with E-state index in [9.17, 15) is 9.59 Å². The first-order chi connectivity index (χ1) is 7.09. The molecule has 15 heavy (non-hydrogen) atoms. The van der Waals surface area contributed by atoms with Crippen molar-refractivity contribution < 1.29 is 19.4 Å². The van der Waals surface area contributed by atoms with Crippen LogP contribution in [0, 0.1) is 5.92 Å². The van der Waals surface area contributed by atoms with Crippen LogP contribution >= 0.6 is 0 Å². The fraction of sp³-hybridized carbons (Fsp3) is 0.800. The number of ether oxygens (including phenoxy) is 1. The topological polar surface area (TPSA) is 75.6 Å². The van der Waals surface area contributed by atoms with Crippen LogP contribution in [0.5, 0.6) is 0 Å². The van der Waals surface area contributed by atoms with Gasteiger partial charge in [0.15, 0.2) is 0 Å². The number of aliphatic carboxylic acids is 1. The monoisotopic (exact) mass is 215 g/mol. The van der Waals surface area contributed by atoms with Crippen molar-refractivity contribution >= 4 is 11.9 Å². The molecule has 0 aliphatic carbocycles. The second-order valence-corrected chi connectivity index (χ2v) is 3.89. The Labute approximate surface area is 88.8 Å². The average Bonchev–Trinajstić information content (AvgIpc) is 2.18. The number of hydrogen-bond donors (Lipinski definition) is 2. The molecule has 0 saturated carbocycles. The number of carbonyl (C=O) groups excluding carboxylic acids is 1. The van der Waals surface area contributed by atoms with Gasteiger partial charge in [0.1, 0.15) is 6.04 Å². The van der Waals surface area contributed by atoms with Gasteiger partial charge in [-0.1, -0.05) is 0 Å². The number of carboxylic acids is 1. The molecule has 0 spiro atoms. The Hall–Kier alpha value is -1.10. The quantitative estimate of drug-likeness (QED) is 0.711. The number of carboxylic acid groups (broad SMARTS) is 1. The first-order valence-corrected chi connectivity index (χ1v) is 5.19. The summed E-state index contributed by atoms with van der Waals surface area (Å²) in [6.45, 7) is 2.86. The summed E-state index contributed by atoms with van der Waals surface area (Å²) in [7, 11) is 0. The highest BCUT2D eigenvalue weighted by atomic mass is 16.5. The van der Waals surface area contributed by atoms with Gasteiger partial charge in [-0.2, -0.15) is 0 Å². The highest BCUT2D eigenvalue weighted by Gasteiger charge is 2.20. The zero-order chi connectivity index (χ0) is 11.3. The molecule has 86 valence electrons. The van der Waals surface area contributed by atoms with Crippen molar-refractivity contribution in [3.63, 3.8) is 0 Å². The molecule has 0 aromatic rings. The van der Waals surface area contributed by atoms with Crippen LogP contribution < -0.4 is 5.32 Å². The lowest BCUT2D eigenvalue weighted by atomic mass is 9.96. The van der Waals surface area contributed by atoms with E-state index < -0.39 is 12.0 Å². The molecule has 0 aromatic carbocycles. The number of rotatable bonds is 4. The van der Waals surface area contributed by atoms with Gasteiger partial charge in [-0.3, -0.25) is 9.59 Å². The highest BCUT2D eigenvalue weighted by Crippen LogP contribution is 2.18. The number of nitrogens with one attached hydrogen (secondary N) is 1. The molecule has 1 amide bonds. The van der Waals surface area contributed by atoms with Crippen LogP contribution in [-0.4, -0.2) is 36.2 Å². The van der Waals surface area contributed by atoms with Crippen molar-refractivity contribution in [2.75, 3.05) is 13.2 Å². The van der Waals surface area contributed by atoms with E-state index in [1.54, 1.807) is 0 Å². The van der Waals surface area contributed by atoms with E-state index in [1.807, 2.05) is 0 Å². The minimum atomic E-state index is -1.00. The van der Waals surface area contributed by atoms with Crippen molar-refractivity contribution in [3.8, 4) is 0 Å². The van der Waals surface area contributed by atoms with Gasteiger partial charge in [-0.15, -0.1) is 0 Å². The lowest BCUT2D eigenvalue weighted by Crippen LogP contribution is -2.39. The second-order valence-electron chi connectivity index (χ2n) is 3.89. The number of carbonyl (C=O) groups is 2. The molecule has 5 nitrogen and oxygen atoms in total. The molecule has 1 unspecified atom stereocenters. The van der Waals surface area contributed by atoms with Gasteiger partial charge >= 0.3 is 5.97 Å². The lowest BCUT2D eigenvalue weighted by Gasteiger charge is -2.21. The third-order valence-corrected chi connectivity index (χ3v) is 2.56. The van der Waals surface area contributed by atoms with Crippen LogP contribution in [0.15, 0.2) is 0 Å². The van der Waals surface area contributed by atoms with Gasteiger partial charge in [0, 0.05) is 19.6 Å². The maximum absolute atomic E-state index is 11.4. The highest BCUT2D eigenvalue weighted by molar-refractivity contribution is 5.83. The van der Waals surface area contributed by atoms with Crippen LogP contribution in [0.25, 0.3) is 0 Å². The molecule has 5 heteroatoms. The fourth-order valence-electron chi connectivity index (χ4n) is 1.57. The summed E-state index contributed by atoms with van der Waals surface area (Å²) in [5, 5.41) is 11.0. The largest absolute Gasteiger partial charge is 0.480 e. The molecular weight excluding hydrogens is 198 g/mol. The summed E-state index contributed by atoms with van der Waals surface area (Å²) < 4.78 is 5.17. The SMILES string of the molecule is CC(NC(=O)CC1CCOCC1)C(=O)O. The van der Waals surface area contributed by atoms with E-state index in [1.165, 1.54) is 6.92 Å². The van der Waals surface area contributed by atoms with Crippen molar-refractivity contribution in [1.82, 2.24) is 5.32 Å². The van der Waals surface area contributed by atoms with E-state index >= 15 is 0 Å². The zero-order valence-electron chi connectivity index (χ0n) is 8.86. The van der Waals surface area contributed by atoms with E-state index in [0.29, 0.717) is 25.6 Å². The third-order valence-electron chi connectivity index (χ3n) is 2.56. The molecule has 1 fully saturated rings. The Morgan fingerprint density at radius 1 is 1.47 bits per heavy atom. The lowest BCUT2D eigenvalue weighted by molar-refractivity contribution is -0.141. The predicted molar refractivity (Wildman–Crippen MR) is 53.4 cm³/mol. The zero-order valence-corrected chi connectivity index (χ0v) is 8.86. The molecule has 1 rings (SSSR count). The van der Waals surface area contributed by atoms with Gasteiger partial charge in [-0.05, 0) is 25.7 Å². The van der Waals surface area contributed by atoms with Crippen LogP contribution in [0.1, 0.15) is 26.2 Å². The average molecular weight is 215 g/mol. The number of hydrogen-bond acceptors (Lipinski definition) is 3. The Morgan fingerprint density at radius 2 is 2.07 bits per heavy atom.